The summed E-state index contributed by atoms with van der Waals surface area (Å²) in [6, 6.07) is 4.07. The topological polar surface area (TPSA) is 52.4 Å². The van der Waals surface area contributed by atoms with E-state index in [0.29, 0.717) is 11.0 Å². The molecule has 1 aliphatic heterocycles. The molecule has 0 bridgehead atoms. The Bertz CT molecular complexity index is 455. The molecule has 0 spiro atoms. The van der Waals surface area contributed by atoms with Gasteiger partial charge in [-0.25, -0.2) is 0 Å². The van der Waals surface area contributed by atoms with Crippen molar-refractivity contribution in [2.24, 2.45) is 0 Å². The van der Waals surface area contributed by atoms with Crippen LogP contribution < -0.4 is 0 Å². The zero-order valence-electron chi connectivity index (χ0n) is 9.97. The molecular weight excluding hydrogens is 257 g/mol. The number of benzene rings is 1. The second-order valence-corrected chi connectivity index (χ2v) is 5.48. The van der Waals surface area contributed by atoms with Gasteiger partial charge in [-0.3, -0.25) is 10.1 Å². The van der Waals surface area contributed by atoms with Crippen molar-refractivity contribution in [1.82, 2.24) is 0 Å². The Kier molecular flexibility index (Phi) is 4.19. The number of nitrogens with zero attached hydrogens (tertiary/aromatic N) is 1. The maximum atomic E-state index is 13.4. The molecule has 0 aromatic heterocycles. The molecule has 1 fully saturated rings. The van der Waals surface area contributed by atoms with E-state index in [1.807, 2.05) is 6.92 Å². The zero-order chi connectivity index (χ0) is 13.1. The van der Waals surface area contributed by atoms with Gasteiger partial charge in [-0.05, 0) is 25.0 Å². The molecule has 0 aliphatic carbocycles. The molecule has 2 unspecified atom stereocenters. The number of hydrogen-bond acceptors (Lipinski definition) is 4. The second-order valence-electron chi connectivity index (χ2n) is 4.26. The Morgan fingerprint density at radius 1 is 1.61 bits per heavy atom. The van der Waals surface area contributed by atoms with Gasteiger partial charge < -0.3 is 4.74 Å². The standard InChI is InChI=1S/C12H14FNO3S/c1-8-12(4-5-17-8)18-7-9-2-3-11(14(15)16)10(13)6-9/h2-3,6,8,12H,4-5,7H2,1H3. The van der Waals surface area contributed by atoms with Gasteiger partial charge in [0.1, 0.15) is 0 Å². The monoisotopic (exact) mass is 271 g/mol. The summed E-state index contributed by atoms with van der Waals surface area (Å²) in [6.45, 7) is 2.80. The van der Waals surface area contributed by atoms with Crippen LogP contribution in [0.3, 0.4) is 0 Å². The predicted octanol–water partition coefficient (Wildman–Crippen LogP) is 3.14. The van der Waals surface area contributed by atoms with Crippen molar-refractivity contribution in [3.05, 3.63) is 39.7 Å². The molecule has 4 nitrogen and oxygen atoms in total. The molecule has 1 aliphatic rings. The molecular formula is C12H14FNO3S. The third-order valence-electron chi connectivity index (χ3n) is 2.98. The van der Waals surface area contributed by atoms with Gasteiger partial charge in [-0.15, -0.1) is 0 Å². The van der Waals surface area contributed by atoms with Crippen molar-refractivity contribution in [3.63, 3.8) is 0 Å². The van der Waals surface area contributed by atoms with Crippen LogP contribution in [0.2, 0.25) is 0 Å². The minimum Gasteiger partial charge on any atom is -0.377 e. The minimum atomic E-state index is -0.770. The predicted molar refractivity (Wildman–Crippen MR) is 68.2 cm³/mol. The molecule has 1 saturated heterocycles. The molecule has 0 radical (unpaired) electrons. The van der Waals surface area contributed by atoms with Crippen LogP contribution in [-0.4, -0.2) is 22.9 Å². The highest BCUT2D eigenvalue weighted by Crippen LogP contribution is 2.29. The maximum absolute atomic E-state index is 13.4. The molecule has 0 N–H and O–H groups in total. The third-order valence-corrected chi connectivity index (χ3v) is 4.53. The van der Waals surface area contributed by atoms with Crippen molar-refractivity contribution < 1.29 is 14.1 Å². The fraction of sp³-hybridized carbons (Fsp3) is 0.500. The first-order valence-corrected chi connectivity index (χ1v) is 6.79. The highest BCUT2D eigenvalue weighted by Gasteiger charge is 2.24. The quantitative estimate of drug-likeness (QED) is 0.623. The van der Waals surface area contributed by atoms with Gasteiger partial charge in [-0.2, -0.15) is 16.2 Å². The summed E-state index contributed by atoms with van der Waals surface area (Å²) in [5.74, 6) is -0.123. The molecule has 98 valence electrons. The Morgan fingerprint density at radius 3 is 2.94 bits per heavy atom. The van der Waals surface area contributed by atoms with Crippen LogP contribution >= 0.6 is 11.8 Å². The fourth-order valence-corrected chi connectivity index (χ4v) is 3.12. The number of ether oxygens (including phenoxy) is 1. The number of rotatable bonds is 4. The summed E-state index contributed by atoms with van der Waals surface area (Å²) in [5.41, 5.74) is 0.295. The number of thioether (sulfide) groups is 1. The molecule has 0 amide bonds. The molecule has 0 saturated carbocycles. The maximum Gasteiger partial charge on any atom is 0.304 e. The molecule has 1 aromatic carbocycles. The first-order valence-electron chi connectivity index (χ1n) is 5.74. The van der Waals surface area contributed by atoms with E-state index in [4.69, 9.17) is 4.74 Å². The van der Waals surface area contributed by atoms with E-state index >= 15 is 0 Å². The Balaban J connectivity index is 1.98. The normalized spacial score (nSPS) is 23.2. The van der Waals surface area contributed by atoms with E-state index in [1.54, 1.807) is 17.8 Å². The van der Waals surface area contributed by atoms with Gasteiger partial charge in [-0.1, -0.05) is 6.07 Å². The minimum absolute atomic E-state index is 0.220. The van der Waals surface area contributed by atoms with E-state index in [2.05, 4.69) is 0 Å². The summed E-state index contributed by atoms with van der Waals surface area (Å²) < 4.78 is 18.8. The first-order chi connectivity index (χ1) is 8.58. The first kappa shape index (κ1) is 13.3. The van der Waals surface area contributed by atoms with E-state index in [-0.39, 0.29) is 6.10 Å². The summed E-state index contributed by atoms with van der Waals surface area (Å²) >= 11 is 1.71. The average molecular weight is 271 g/mol. The van der Waals surface area contributed by atoms with Gasteiger partial charge in [0.2, 0.25) is 5.82 Å². The largest absolute Gasteiger partial charge is 0.377 e. The highest BCUT2D eigenvalue weighted by molar-refractivity contribution is 7.99. The van der Waals surface area contributed by atoms with Crippen molar-refractivity contribution in [1.29, 1.82) is 0 Å². The third kappa shape index (κ3) is 3.00. The lowest BCUT2D eigenvalue weighted by Crippen LogP contribution is -2.13. The van der Waals surface area contributed by atoms with Crippen LogP contribution in [0.25, 0.3) is 0 Å². The van der Waals surface area contributed by atoms with E-state index in [0.717, 1.165) is 18.6 Å². The summed E-state index contributed by atoms with van der Waals surface area (Å²) in [4.78, 5) is 9.78. The van der Waals surface area contributed by atoms with Gasteiger partial charge >= 0.3 is 5.69 Å². The second kappa shape index (κ2) is 5.67. The molecule has 6 heteroatoms. The zero-order valence-corrected chi connectivity index (χ0v) is 10.8. The summed E-state index contributed by atoms with van der Waals surface area (Å²) in [5, 5.41) is 10.9. The van der Waals surface area contributed by atoms with Crippen molar-refractivity contribution in [3.8, 4) is 0 Å². The van der Waals surface area contributed by atoms with Crippen LogP contribution in [-0.2, 0) is 10.5 Å². The fourth-order valence-electron chi connectivity index (χ4n) is 1.92. The number of hydrogen-bond donors (Lipinski definition) is 0. The summed E-state index contributed by atoms with van der Waals surface area (Å²) in [6.07, 6.45) is 1.22. The van der Waals surface area contributed by atoms with Crippen LogP contribution in [0.1, 0.15) is 18.9 Å². The summed E-state index contributed by atoms with van der Waals surface area (Å²) in [7, 11) is 0. The van der Waals surface area contributed by atoms with Crippen LogP contribution in [0.15, 0.2) is 18.2 Å². The van der Waals surface area contributed by atoms with E-state index < -0.39 is 16.4 Å². The molecule has 2 atom stereocenters. The lowest BCUT2D eigenvalue weighted by Gasteiger charge is -2.13. The number of nitro benzene ring substituents is 1. The lowest BCUT2D eigenvalue weighted by molar-refractivity contribution is -0.387. The SMILES string of the molecule is CC1OCCC1SCc1ccc([N+](=O)[O-])c(F)c1. The van der Waals surface area contributed by atoms with Crippen molar-refractivity contribution >= 4 is 17.4 Å². The highest BCUT2D eigenvalue weighted by atomic mass is 32.2. The van der Waals surface area contributed by atoms with Crippen molar-refractivity contribution in [2.45, 2.75) is 30.5 Å². The molecule has 2 rings (SSSR count). The molecule has 1 heterocycles. The molecule has 18 heavy (non-hydrogen) atoms. The lowest BCUT2D eigenvalue weighted by atomic mass is 10.2. The Hall–Kier alpha value is -1.14. The van der Waals surface area contributed by atoms with Gasteiger partial charge in [0.25, 0.3) is 0 Å². The van der Waals surface area contributed by atoms with Gasteiger partial charge in [0, 0.05) is 23.7 Å². The van der Waals surface area contributed by atoms with Crippen LogP contribution in [0, 0.1) is 15.9 Å². The van der Waals surface area contributed by atoms with Crippen LogP contribution in [0.4, 0.5) is 10.1 Å². The number of nitro groups is 1. The van der Waals surface area contributed by atoms with Gasteiger partial charge in [0.05, 0.1) is 11.0 Å². The van der Waals surface area contributed by atoms with Crippen LogP contribution in [0.5, 0.6) is 0 Å². The molecule has 1 aromatic rings. The van der Waals surface area contributed by atoms with Gasteiger partial charge in [0.15, 0.2) is 0 Å². The Morgan fingerprint density at radius 2 is 2.39 bits per heavy atom. The number of halogens is 1. The average Bonchev–Trinajstić information content (AvgIpc) is 2.72. The smallest absolute Gasteiger partial charge is 0.304 e. The van der Waals surface area contributed by atoms with E-state index in [1.165, 1.54) is 12.1 Å². The Labute approximate surface area is 109 Å². The van der Waals surface area contributed by atoms with Crippen molar-refractivity contribution in [2.75, 3.05) is 6.61 Å². The van der Waals surface area contributed by atoms with E-state index in [9.17, 15) is 14.5 Å².